The Balaban J connectivity index is 2.03. The van der Waals surface area contributed by atoms with Gasteiger partial charge in [0.05, 0.1) is 18.1 Å². The first kappa shape index (κ1) is 10.0. The van der Waals surface area contributed by atoms with E-state index in [-0.39, 0.29) is 12.1 Å². The van der Waals surface area contributed by atoms with Crippen molar-refractivity contribution in [3.8, 4) is 0 Å². The molecule has 0 radical (unpaired) electrons. The van der Waals surface area contributed by atoms with E-state index in [1.165, 1.54) is 0 Å². The predicted molar refractivity (Wildman–Crippen MR) is 54.4 cm³/mol. The fourth-order valence-corrected chi connectivity index (χ4v) is 1.86. The molecule has 1 aromatic heterocycles. The maximum absolute atomic E-state index is 11.3. The monoisotopic (exact) mass is 209 g/mol. The molecule has 0 unspecified atom stereocenters. The lowest BCUT2D eigenvalue weighted by atomic mass is 10.1. The van der Waals surface area contributed by atoms with Crippen molar-refractivity contribution in [2.45, 2.75) is 19.4 Å². The lowest BCUT2D eigenvalue weighted by molar-refractivity contribution is 0.159. The van der Waals surface area contributed by atoms with E-state index in [1.807, 2.05) is 24.7 Å². The number of aryl methyl sites for hydroxylation is 1. The molecule has 0 bridgehead atoms. The van der Waals surface area contributed by atoms with Crippen LogP contribution in [0.2, 0.25) is 0 Å². The van der Waals surface area contributed by atoms with E-state index in [2.05, 4.69) is 4.98 Å². The van der Waals surface area contributed by atoms with Crippen molar-refractivity contribution in [2.75, 3.05) is 13.2 Å². The van der Waals surface area contributed by atoms with Gasteiger partial charge in [0, 0.05) is 26.2 Å². The highest BCUT2D eigenvalue weighted by Crippen LogP contribution is 2.15. The van der Waals surface area contributed by atoms with Gasteiger partial charge in [0.15, 0.2) is 0 Å². The Kier molecular flexibility index (Phi) is 2.62. The minimum atomic E-state index is -0.210. The summed E-state index contributed by atoms with van der Waals surface area (Å²) in [6.45, 7) is 3.12. The quantitative estimate of drug-likeness (QED) is 0.740. The fraction of sp³-hybridized carbons (Fsp3) is 0.600. The molecular formula is C10H15N3O2. The van der Waals surface area contributed by atoms with Crippen LogP contribution in [0, 0.1) is 0 Å². The van der Waals surface area contributed by atoms with Gasteiger partial charge in [0.1, 0.15) is 6.61 Å². The average Bonchev–Trinajstić information content (AvgIpc) is 2.75. The van der Waals surface area contributed by atoms with Gasteiger partial charge in [0.2, 0.25) is 0 Å². The first-order chi connectivity index (χ1) is 7.20. The fourth-order valence-electron chi connectivity index (χ4n) is 1.86. The Labute approximate surface area is 88.7 Å². The molecule has 2 rings (SSSR count). The smallest absolute Gasteiger partial charge is 0.410 e. The molecule has 0 saturated carbocycles. The summed E-state index contributed by atoms with van der Waals surface area (Å²) in [5.74, 6) is 0. The van der Waals surface area contributed by atoms with E-state index in [1.54, 1.807) is 11.2 Å². The molecule has 15 heavy (non-hydrogen) atoms. The third-order valence-electron chi connectivity index (χ3n) is 2.62. The van der Waals surface area contributed by atoms with Gasteiger partial charge in [-0.25, -0.2) is 9.78 Å². The number of carbonyl (C=O) groups excluding carboxylic acids is 1. The van der Waals surface area contributed by atoms with Crippen LogP contribution >= 0.6 is 0 Å². The number of nitrogens with zero attached hydrogens (tertiary/aromatic N) is 3. The van der Waals surface area contributed by atoms with Crippen molar-refractivity contribution < 1.29 is 9.53 Å². The molecule has 82 valence electrons. The topological polar surface area (TPSA) is 47.4 Å². The number of likely N-dealkylation sites (N-methyl/N-ethyl adjacent to an activating group) is 1. The van der Waals surface area contributed by atoms with Gasteiger partial charge in [-0.2, -0.15) is 0 Å². The van der Waals surface area contributed by atoms with E-state index < -0.39 is 0 Å². The Hall–Kier alpha value is -1.52. The van der Waals surface area contributed by atoms with E-state index in [0.29, 0.717) is 13.2 Å². The molecular weight excluding hydrogens is 194 g/mol. The maximum Gasteiger partial charge on any atom is 0.410 e. The molecule has 1 saturated heterocycles. The second kappa shape index (κ2) is 3.92. The summed E-state index contributed by atoms with van der Waals surface area (Å²) >= 11 is 0. The van der Waals surface area contributed by atoms with Crippen LogP contribution in [-0.4, -0.2) is 39.7 Å². The Morgan fingerprint density at radius 3 is 3.07 bits per heavy atom. The first-order valence-electron chi connectivity index (χ1n) is 5.11. The second-order valence-corrected chi connectivity index (χ2v) is 3.75. The van der Waals surface area contributed by atoms with Crippen LogP contribution in [0.3, 0.4) is 0 Å². The second-order valence-electron chi connectivity index (χ2n) is 3.75. The van der Waals surface area contributed by atoms with Gasteiger partial charge in [-0.1, -0.05) is 0 Å². The highest BCUT2D eigenvalue weighted by Gasteiger charge is 2.31. The number of cyclic esters (lactones) is 1. The van der Waals surface area contributed by atoms with E-state index >= 15 is 0 Å². The number of rotatable bonds is 3. The standard InChI is InChI=1S/C10H15N3O2/c1-3-13-9(6-15-10(13)14)4-8-5-12(2)7-11-8/h5,7,9H,3-4,6H2,1-2H3/t9-/m0/s1. The van der Waals surface area contributed by atoms with Crippen LogP contribution in [0.5, 0.6) is 0 Å². The number of imidazole rings is 1. The summed E-state index contributed by atoms with van der Waals surface area (Å²) in [5.41, 5.74) is 0.999. The van der Waals surface area contributed by atoms with Crippen LogP contribution < -0.4 is 0 Å². The first-order valence-corrected chi connectivity index (χ1v) is 5.11. The third kappa shape index (κ3) is 1.95. The molecule has 1 aliphatic rings. The number of ether oxygens (including phenoxy) is 1. The summed E-state index contributed by atoms with van der Waals surface area (Å²) in [4.78, 5) is 17.3. The van der Waals surface area contributed by atoms with Crippen molar-refractivity contribution in [2.24, 2.45) is 7.05 Å². The lowest BCUT2D eigenvalue weighted by Crippen LogP contribution is -2.34. The van der Waals surface area contributed by atoms with Gasteiger partial charge < -0.3 is 14.2 Å². The minimum absolute atomic E-state index is 0.136. The molecule has 1 fully saturated rings. The zero-order valence-corrected chi connectivity index (χ0v) is 9.01. The van der Waals surface area contributed by atoms with Crippen LogP contribution in [0.25, 0.3) is 0 Å². The summed E-state index contributed by atoms with van der Waals surface area (Å²) < 4.78 is 6.91. The number of hydrogen-bond donors (Lipinski definition) is 0. The molecule has 5 heteroatoms. The predicted octanol–water partition coefficient (Wildman–Crippen LogP) is 0.803. The summed E-state index contributed by atoms with van der Waals surface area (Å²) in [5, 5.41) is 0. The van der Waals surface area contributed by atoms with Crippen LogP contribution in [-0.2, 0) is 18.2 Å². The van der Waals surface area contributed by atoms with Gasteiger partial charge in [0.25, 0.3) is 0 Å². The van der Waals surface area contributed by atoms with Crippen molar-refractivity contribution in [3.63, 3.8) is 0 Å². The third-order valence-corrected chi connectivity index (χ3v) is 2.62. The SMILES string of the molecule is CCN1C(=O)OC[C@@H]1Cc1cn(C)cn1. The largest absolute Gasteiger partial charge is 0.447 e. The molecule has 0 aliphatic carbocycles. The molecule has 0 spiro atoms. The van der Waals surface area contributed by atoms with Crippen LogP contribution in [0.15, 0.2) is 12.5 Å². The molecule has 0 aromatic carbocycles. The van der Waals surface area contributed by atoms with E-state index in [9.17, 15) is 4.79 Å². The summed E-state index contributed by atoms with van der Waals surface area (Å²) in [7, 11) is 1.93. The highest BCUT2D eigenvalue weighted by molar-refractivity contribution is 5.70. The van der Waals surface area contributed by atoms with Crippen molar-refractivity contribution in [3.05, 3.63) is 18.2 Å². The highest BCUT2D eigenvalue weighted by atomic mass is 16.6. The normalized spacial score (nSPS) is 20.8. The number of amides is 1. The summed E-state index contributed by atoms with van der Waals surface area (Å²) in [6.07, 6.45) is 4.29. The van der Waals surface area contributed by atoms with E-state index in [4.69, 9.17) is 4.74 Å². The molecule has 5 nitrogen and oxygen atoms in total. The zero-order valence-electron chi connectivity index (χ0n) is 9.01. The van der Waals surface area contributed by atoms with Gasteiger partial charge >= 0.3 is 6.09 Å². The molecule has 1 aliphatic heterocycles. The maximum atomic E-state index is 11.3. The minimum Gasteiger partial charge on any atom is -0.447 e. The van der Waals surface area contributed by atoms with Crippen molar-refractivity contribution in [1.29, 1.82) is 0 Å². The Morgan fingerprint density at radius 2 is 2.47 bits per heavy atom. The molecule has 2 heterocycles. The Bertz CT molecular complexity index is 361. The van der Waals surface area contributed by atoms with Crippen molar-refractivity contribution in [1.82, 2.24) is 14.5 Å². The molecule has 0 N–H and O–H groups in total. The summed E-state index contributed by atoms with van der Waals surface area (Å²) in [6, 6.07) is 0.136. The van der Waals surface area contributed by atoms with Gasteiger partial charge in [-0.3, -0.25) is 0 Å². The molecule has 1 atom stereocenters. The van der Waals surface area contributed by atoms with Crippen molar-refractivity contribution >= 4 is 6.09 Å². The molecule has 1 aromatic rings. The lowest BCUT2D eigenvalue weighted by Gasteiger charge is -2.18. The number of aromatic nitrogens is 2. The molecule has 1 amide bonds. The van der Waals surface area contributed by atoms with Crippen LogP contribution in [0.4, 0.5) is 4.79 Å². The van der Waals surface area contributed by atoms with Crippen LogP contribution in [0.1, 0.15) is 12.6 Å². The van der Waals surface area contributed by atoms with Gasteiger partial charge in [-0.05, 0) is 6.92 Å². The zero-order chi connectivity index (χ0) is 10.8. The number of carbonyl (C=O) groups is 1. The number of hydrogen-bond acceptors (Lipinski definition) is 3. The Morgan fingerprint density at radius 1 is 1.67 bits per heavy atom. The van der Waals surface area contributed by atoms with Gasteiger partial charge in [-0.15, -0.1) is 0 Å². The van der Waals surface area contributed by atoms with E-state index in [0.717, 1.165) is 12.1 Å². The average molecular weight is 209 g/mol.